The Morgan fingerprint density at radius 3 is 1.33 bits per heavy atom. The van der Waals surface area contributed by atoms with Gasteiger partial charge in [-0.2, -0.15) is 0 Å². The van der Waals surface area contributed by atoms with E-state index in [9.17, 15) is 0 Å². The van der Waals surface area contributed by atoms with E-state index in [4.69, 9.17) is 5.11 Å². The molecule has 0 rings (SSSR count). The van der Waals surface area contributed by atoms with Gasteiger partial charge in [-0.3, -0.25) is 0 Å². The molecule has 0 radical (unpaired) electrons. The van der Waals surface area contributed by atoms with Gasteiger partial charge in [0.1, 0.15) is 0 Å². The first-order valence-corrected chi connectivity index (χ1v) is 9.67. The number of hydrogen-bond acceptors (Lipinski definition) is 1. The van der Waals surface area contributed by atoms with Gasteiger partial charge in [0.05, 0.1) is 0 Å². The molecule has 0 unspecified atom stereocenters. The first-order valence-electron chi connectivity index (χ1n) is 9.67. The van der Waals surface area contributed by atoms with Crippen LogP contribution in [0.5, 0.6) is 0 Å². The molecular weight excluding hydrogens is 256 g/mol. The van der Waals surface area contributed by atoms with Crippen molar-refractivity contribution in [2.45, 2.75) is 110 Å². The Morgan fingerprint density at radius 1 is 0.524 bits per heavy atom. The van der Waals surface area contributed by atoms with Gasteiger partial charge >= 0.3 is 0 Å². The fourth-order valence-electron chi connectivity index (χ4n) is 2.71. The maximum Gasteiger partial charge on any atom is 0.0431 e. The molecule has 0 aliphatic carbocycles. The van der Waals surface area contributed by atoms with Crippen molar-refractivity contribution < 1.29 is 5.11 Å². The van der Waals surface area contributed by atoms with Crippen molar-refractivity contribution >= 4 is 0 Å². The van der Waals surface area contributed by atoms with Crippen molar-refractivity contribution in [2.75, 3.05) is 6.61 Å². The zero-order chi connectivity index (χ0) is 15.4. The smallest absolute Gasteiger partial charge is 0.0431 e. The summed E-state index contributed by atoms with van der Waals surface area (Å²) in [7, 11) is 0. The highest BCUT2D eigenvalue weighted by Gasteiger charge is 1.92. The first-order chi connectivity index (χ1) is 10.4. The largest absolute Gasteiger partial charge is 0.396 e. The Kier molecular flexibility index (Phi) is 19.4. The molecule has 0 amide bonds. The number of hydrogen-bond donors (Lipinski definition) is 1. The highest BCUT2D eigenvalue weighted by Crippen LogP contribution is 2.11. The summed E-state index contributed by atoms with van der Waals surface area (Å²) in [6, 6.07) is 0. The minimum absolute atomic E-state index is 0.367. The molecule has 0 saturated heterocycles. The van der Waals surface area contributed by atoms with Gasteiger partial charge in [0, 0.05) is 6.61 Å². The minimum atomic E-state index is 0.367. The predicted octanol–water partition coefficient (Wildman–Crippen LogP) is 6.80. The van der Waals surface area contributed by atoms with Crippen molar-refractivity contribution in [3.63, 3.8) is 0 Å². The van der Waals surface area contributed by atoms with Crippen LogP contribution in [0.2, 0.25) is 0 Å². The zero-order valence-electron chi connectivity index (χ0n) is 14.6. The van der Waals surface area contributed by atoms with Crippen LogP contribution in [0.25, 0.3) is 0 Å². The van der Waals surface area contributed by atoms with Gasteiger partial charge in [0.15, 0.2) is 0 Å². The van der Waals surface area contributed by atoms with E-state index in [1.807, 2.05) is 0 Å². The third-order valence-electron chi connectivity index (χ3n) is 4.17. The summed E-state index contributed by atoms with van der Waals surface area (Å²) in [6.45, 7) is 2.64. The Hall–Kier alpha value is -0.300. The van der Waals surface area contributed by atoms with Crippen molar-refractivity contribution in [2.24, 2.45) is 0 Å². The lowest BCUT2D eigenvalue weighted by Crippen LogP contribution is -1.84. The molecule has 0 aliphatic heterocycles. The summed E-state index contributed by atoms with van der Waals surface area (Å²) < 4.78 is 0. The number of rotatable bonds is 17. The van der Waals surface area contributed by atoms with Gasteiger partial charge < -0.3 is 5.11 Å². The van der Waals surface area contributed by atoms with Gasteiger partial charge in [-0.05, 0) is 32.1 Å². The van der Waals surface area contributed by atoms with E-state index in [1.165, 1.54) is 96.3 Å². The molecule has 1 N–H and O–H groups in total. The minimum Gasteiger partial charge on any atom is -0.396 e. The van der Waals surface area contributed by atoms with Crippen LogP contribution < -0.4 is 0 Å². The molecular formula is C20H40O. The lowest BCUT2D eigenvalue weighted by atomic mass is 10.1. The molecule has 0 heterocycles. The molecule has 0 aromatic carbocycles. The van der Waals surface area contributed by atoms with Crippen LogP contribution in [0.4, 0.5) is 0 Å². The molecule has 0 saturated carbocycles. The summed E-state index contributed by atoms with van der Waals surface area (Å²) in [5.74, 6) is 0. The molecule has 0 aliphatic rings. The summed E-state index contributed by atoms with van der Waals surface area (Å²) in [4.78, 5) is 0. The molecule has 0 aromatic rings. The summed E-state index contributed by atoms with van der Waals surface area (Å²) in [5.41, 5.74) is 0. The highest BCUT2D eigenvalue weighted by molar-refractivity contribution is 4.81. The third-order valence-corrected chi connectivity index (χ3v) is 4.17. The summed E-state index contributed by atoms with van der Waals surface area (Å²) in [5, 5.41) is 8.69. The monoisotopic (exact) mass is 296 g/mol. The molecule has 0 bridgehead atoms. The van der Waals surface area contributed by atoms with Crippen LogP contribution in [-0.2, 0) is 0 Å². The Bertz CT molecular complexity index is 198. The van der Waals surface area contributed by atoms with Gasteiger partial charge in [-0.25, -0.2) is 0 Å². The second kappa shape index (κ2) is 19.7. The molecule has 1 nitrogen and oxygen atoms in total. The number of aliphatic hydroxyl groups excluding tert-OH is 1. The van der Waals surface area contributed by atoms with Gasteiger partial charge in [-0.1, -0.05) is 89.7 Å². The fourth-order valence-corrected chi connectivity index (χ4v) is 2.71. The van der Waals surface area contributed by atoms with Crippen molar-refractivity contribution in [1.29, 1.82) is 0 Å². The Balaban J connectivity index is 3.01. The third kappa shape index (κ3) is 19.7. The SMILES string of the molecule is CCCCCCCC=CCCCCCCCCCCCO. The van der Waals surface area contributed by atoms with Crippen LogP contribution in [0.15, 0.2) is 12.2 Å². The van der Waals surface area contributed by atoms with Crippen LogP contribution >= 0.6 is 0 Å². The normalized spacial score (nSPS) is 11.5. The molecule has 0 atom stereocenters. The molecule has 0 fully saturated rings. The van der Waals surface area contributed by atoms with Crippen LogP contribution in [-0.4, -0.2) is 11.7 Å². The summed E-state index contributed by atoms with van der Waals surface area (Å²) in [6.07, 6.45) is 26.2. The number of allylic oxidation sites excluding steroid dienone is 2. The van der Waals surface area contributed by atoms with E-state index in [0.29, 0.717) is 6.61 Å². The molecule has 0 spiro atoms. The molecule has 126 valence electrons. The predicted molar refractivity (Wildman–Crippen MR) is 95.8 cm³/mol. The quantitative estimate of drug-likeness (QED) is 0.231. The van der Waals surface area contributed by atoms with Gasteiger partial charge in [-0.15, -0.1) is 0 Å². The number of unbranched alkanes of at least 4 members (excludes halogenated alkanes) is 14. The maximum absolute atomic E-state index is 8.69. The van der Waals surface area contributed by atoms with E-state index >= 15 is 0 Å². The second-order valence-corrected chi connectivity index (χ2v) is 6.37. The number of aliphatic hydroxyl groups is 1. The molecule has 0 aromatic heterocycles. The van der Waals surface area contributed by atoms with Gasteiger partial charge in [0.25, 0.3) is 0 Å². The average molecular weight is 297 g/mol. The zero-order valence-corrected chi connectivity index (χ0v) is 14.6. The van der Waals surface area contributed by atoms with Crippen molar-refractivity contribution in [1.82, 2.24) is 0 Å². The summed E-state index contributed by atoms with van der Waals surface area (Å²) >= 11 is 0. The van der Waals surface area contributed by atoms with Crippen LogP contribution in [0.1, 0.15) is 110 Å². The Labute approximate surface area is 134 Å². The van der Waals surface area contributed by atoms with Crippen LogP contribution in [0.3, 0.4) is 0 Å². The van der Waals surface area contributed by atoms with Crippen LogP contribution in [0, 0.1) is 0 Å². The Morgan fingerprint density at radius 2 is 0.905 bits per heavy atom. The van der Waals surface area contributed by atoms with E-state index in [-0.39, 0.29) is 0 Å². The standard InChI is InChI=1S/C20H40O/c1-2-3-4-5-6-7-8-9-10-11-12-13-14-15-16-17-18-19-20-21/h8-9,21H,2-7,10-20H2,1H3. The average Bonchev–Trinajstić information content (AvgIpc) is 2.50. The first kappa shape index (κ1) is 20.7. The lowest BCUT2D eigenvalue weighted by Gasteiger charge is -2.01. The lowest BCUT2D eigenvalue weighted by molar-refractivity contribution is 0.282. The topological polar surface area (TPSA) is 20.2 Å². The van der Waals surface area contributed by atoms with Crippen molar-refractivity contribution in [3.8, 4) is 0 Å². The van der Waals surface area contributed by atoms with E-state index in [1.54, 1.807) is 0 Å². The van der Waals surface area contributed by atoms with E-state index in [0.717, 1.165) is 6.42 Å². The van der Waals surface area contributed by atoms with E-state index in [2.05, 4.69) is 19.1 Å². The maximum atomic E-state index is 8.69. The fraction of sp³-hybridized carbons (Fsp3) is 0.900. The highest BCUT2D eigenvalue weighted by atomic mass is 16.2. The molecule has 1 heteroatoms. The van der Waals surface area contributed by atoms with Crippen molar-refractivity contribution in [3.05, 3.63) is 12.2 Å². The molecule has 21 heavy (non-hydrogen) atoms. The van der Waals surface area contributed by atoms with E-state index < -0.39 is 0 Å². The second-order valence-electron chi connectivity index (χ2n) is 6.37. The van der Waals surface area contributed by atoms with Gasteiger partial charge in [0.2, 0.25) is 0 Å².